The molecule has 0 amide bonds. The molecule has 0 saturated carbocycles. The standard InChI is InChI=1S/C20H26N2O2.C4H4O4/c1-12-6-8-14(9-7-12)18-15(11-21)16(10-20(3,4)5)22-13(2)17(18)19(23)24;5-3(6)1-2-4(7)8/h6-9H,10-11,21H2,1-5H3,(H,23,24);1-2H,(H,5,6)(H,7,8). The molecular formula is C24H30N2O6. The number of nitrogens with zero attached hydrogens (tertiary/aromatic N) is 1. The van der Waals surface area contributed by atoms with Gasteiger partial charge in [-0.1, -0.05) is 50.6 Å². The first-order valence-corrected chi connectivity index (χ1v) is 9.93. The van der Waals surface area contributed by atoms with Gasteiger partial charge in [0.25, 0.3) is 0 Å². The van der Waals surface area contributed by atoms with Crippen molar-refractivity contribution in [1.82, 2.24) is 4.98 Å². The number of carboxylic acid groups (broad SMARTS) is 3. The van der Waals surface area contributed by atoms with E-state index in [-0.39, 0.29) is 17.5 Å². The summed E-state index contributed by atoms with van der Waals surface area (Å²) in [5, 5.41) is 25.3. The number of nitrogens with two attached hydrogens (primary N) is 1. The quantitative estimate of drug-likeness (QED) is 0.493. The number of benzene rings is 1. The minimum absolute atomic E-state index is 0.0403. The Morgan fingerprint density at radius 3 is 1.84 bits per heavy atom. The van der Waals surface area contributed by atoms with Crippen molar-refractivity contribution in [2.45, 2.75) is 47.6 Å². The highest BCUT2D eigenvalue weighted by atomic mass is 16.4. The Kier molecular flexibility index (Phi) is 9.28. The number of hydrogen-bond acceptors (Lipinski definition) is 5. The lowest BCUT2D eigenvalue weighted by Crippen LogP contribution is -2.18. The fraction of sp³-hybridized carbons (Fsp3) is 0.333. The van der Waals surface area contributed by atoms with Crippen LogP contribution in [0.3, 0.4) is 0 Å². The molecule has 0 radical (unpaired) electrons. The number of pyridine rings is 1. The third-order valence-electron chi connectivity index (χ3n) is 4.39. The number of hydrogen-bond donors (Lipinski definition) is 4. The Balaban J connectivity index is 0.000000547. The van der Waals surface area contributed by atoms with Crippen molar-refractivity contribution >= 4 is 17.9 Å². The van der Waals surface area contributed by atoms with Crippen LogP contribution in [0.4, 0.5) is 0 Å². The smallest absolute Gasteiger partial charge is 0.338 e. The fourth-order valence-electron chi connectivity index (χ4n) is 3.11. The molecule has 1 aromatic carbocycles. The highest BCUT2D eigenvalue weighted by molar-refractivity contribution is 5.98. The normalized spacial score (nSPS) is 11.1. The first-order valence-electron chi connectivity index (χ1n) is 9.93. The zero-order valence-electron chi connectivity index (χ0n) is 19.0. The zero-order chi connectivity index (χ0) is 24.6. The van der Waals surface area contributed by atoms with E-state index in [1.54, 1.807) is 6.92 Å². The number of aromatic carboxylic acids is 1. The molecule has 0 saturated heterocycles. The molecule has 1 aromatic heterocycles. The number of carbonyl (C=O) groups is 3. The van der Waals surface area contributed by atoms with Crippen LogP contribution in [-0.4, -0.2) is 38.2 Å². The van der Waals surface area contributed by atoms with Crippen LogP contribution < -0.4 is 5.73 Å². The third kappa shape index (κ3) is 7.96. The summed E-state index contributed by atoms with van der Waals surface area (Å²) in [7, 11) is 0. The van der Waals surface area contributed by atoms with Gasteiger partial charge in [0.05, 0.1) is 11.3 Å². The van der Waals surface area contributed by atoms with Gasteiger partial charge in [-0.15, -0.1) is 0 Å². The van der Waals surface area contributed by atoms with Gasteiger partial charge in [0.1, 0.15) is 0 Å². The van der Waals surface area contributed by atoms with E-state index >= 15 is 0 Å². The highest BCUT2D eigenvalue weighted by Crippen LogP contribution is 2.34. The molecule has 2 rings (SSSR count). The van der Waals surface area contributed by atoms with Crippen molar-refractivity contribution in [3.8, 4) is 11.1 Å². The van der Waals surface area contributed by atoms with Crippen LogP contribution in [0, 0.1) is 19.3 Å². The molecule has 1 heterocycles. The van der Waals surface area contributed by atoms with Gasteiger partial charge in [-0.3, -0.25) is 4.98 Å². The maximum Gasteiger partial charge on any atom is 0.338 e. The van der Waals surface area contributed by atoms with Gasteiger partial charge in [0.2, 0.25) is 0 Å². The summed E-state index contributed by atoms with van der Waals surface area (Å²) >= 11 is 0. The molecule has 0 spiro atoms. The summed E-state index contributed by atoms with van der Waals surface area (Å²) in [5.74, 6) is -3.48. The van der Waals surface area contributed by atoms with Gasteiger partial charge >= 0.3 is 17.9 Å². The topological polar surface area (TPSA) is 151 Å². The maximum atomic E-state index is 11.9. The monoisotopic (exact) mass is 442 g/mol. The Labute approximate surface area is 187 Å². The Morgan fingerprint density at radius 2 is 1.47 bits per heavy atom. The Bertz CT molecular complexity index is 1000. The molecule has 0 unspecified atom stereocenters. The summed E-state index contributed by atoms with van der Waals surface area (Å²) in [5.41, 5.74) is 11.3. The van der Waals surface area contributed by atoms with E-state index in [4.69, 9.17) is 15.9 Å². The summed E-state index contributed by atoms with van der Waals surface area (Å²) in [4.78, 5) is 35.6. The molecule has 0 aliphatic heterocycles. The van der Waals surface area contributed by atoms with Crippen LogP contribution in [0.2, 0.25) is 0 Å². The van der Waals surface area contributed by atoms with Crippen LogP contribution in [0.25, 0.3) is 11.1 Å². The molecule has 0 bridgehead atoms. The number of aromatic nitrogens is 1. The van der Waals surface area contributed by atoms with Crippen molar-refractivity contribution in [2.24, 2.45) is 11.1 Å². The summed E-state index contributed by atoms with van der Waals surface area (Å²) in [6.07, 6.45) is 1.86. The first kappa shape index (κ1) is 26.5. The van der Waals surface area contributed by atoms with Crippen molar-refractivity contribution < 1.29 is 29.7 Å². The lowest BCUT2D eigenvalue weighted by Gasteiger charge is -2.23. The molecule has 172 valence electrons. The molecule has 0 fully saturated rings. The summed E-state index contributed by atoms with van der Waals surface area (Å²) in [6.45, 7) is 10.5. The number of aryl methyl sites for hydroxylation is 2. The van der Waals surface area contributed by atoms with Crippen molar-refractivity contribution in [2.75, 3.05) is 0 Å². The van der Waals surface area contributed by atoms with E-state index in [2.05, 4.69) is 25.8 Å². The van der Waals surface area contributed by atoms with E-state index in [0.717, 1.165) is 28.8 Å². The zero-order valence-corrected chi connectivity index (χ0v) is 19.0. The third-order valence-corrected chi connectivity index (χ3v) is 4.39. The van der Waals surface area contributed by atoms with Crippen LogP contribution in [0.1, 0.15) is 53.6 Å². The fourth-order valence-corrected chi connectivity index (χ4v) is 3.11. The molecule has 0 aliphatic rings. The van der Waals surface area contributed by atoms with Gasteiger partial charge in [0, 0.05) is 30.0 Å². The molecule has 32 heavy (non-hydrogen) atoms. The van der Waals surface area contributed by atoms with Crippen LogP contribution in [0.5, 0.6) is 0 Å². The van der Waals surface area contributed by atoms with E-state index in [0.29, 0.717) is 23.4 Å². The second-order valence-electron chi connectivity index (χ2n) is 8.50. The first-order chi connectivity index (χ1) is 14.8. The number of rotatable bonds is 6. The summed E-state index contributed by atoms with van der Waals surface area (Å²) < 4.78 is 0. The maximum absolute atomic E-state index is 11.9. The second-order valence-corrected chi connectivity index (χ2v) is 8.50. The lowest BCUT2D eigenvalue weighted by molar-refractivity contribution is -0.134. The highest BCUT2D eigenvalue weighted by Gasteiger charge is 2.24. The second kappa shape index (κ2) is 11.2. The minimum atomic E-state index is -1.26. The molecule has 0 atom stereocenters. The molecular weight excluding hydrogens is 412 g/mol. The van der Waals surface area contributed by atoms with Gasteiger partial charge in [-0.05, 0) is 36.8 Å². The van der Waals surface area contributed by atoms with E-state index in [1.165, 1.54) is 0 Å². The van der Waals surface area contributed by atoms with Crippen molar-refractivity contribution in [3.05, 3.63) is 64.5 Å². The number of aliphatic carboxylic acids is 2. The van der Waals surface area contributed by atoms with Gasteiger partial charge in [-0.25, -0.2) is 14.4 Å². The van der Waals surface area contributed by atoms with Gasteiger partial charge < -0.3 is 21.1 Å². The van der Waals surface area contributed by atoms with Crippen LogP contribution in [-0.2, 0) is 22.6 Å². The van der Waals surface area contributed by atoms with Crippen molar-refractivity contribution in [3.63, 3.8) is 0 Å². The molecule has 2 aromatic rings. The Morgan fingerprint density at radius 1 is 0.969 bits per heavy atom. The largest absolute Gasteiger partial charge is 0.478 e. The summed E-state index contributed by atoms with van der Waals surface area (Å²) in [6, 6.07) is 7.88. The average Bonchev–Trinajstić information content (AvgIpc) is 2.65. The predicted molar refractivity (Wildman–Crippen MR) is 122 cm³/mol. The van der Waals surface area contributed by atoms with Crippen LogP contribution >= 0.6 is 0 Å². The Hall–Kier alpha value is -3.52. The molecule has 0 aliphatic carbocycles. The minimum Gasteiger partial charge on any atom is -0.478 e. The van der Waals surface area contributed by atoms with Gasteiger partial charge in [0.15, 0.2) is 0 Å². The van der Waals surface area contributed by atoms with E-state index in [9.17, 15) is 19.5 Å². The number of carboxylic acids is 3. The van der Waals surface area contributed by atoms with Crippen LogP contribution in [0.15, 0.2) is 36.4 Å². The molecule has 5 N–H and O–H groups in total. The van der Waals surface area contributed by atoms with Crippen molar-refractivity contribution in [1.29, 1.82) is 0 Å². The van der Waals surface area contributed by atoms with E-state index in [1.807, 2.05) is 31.2 Å². The molecule has 8 nitrogen and oxygen atoms in total. The van der Waals surface area contributed by atoms with E-state index < -0.39 is 17.9 Å². The molecule has 8 heteroatoms. The van der Waals surface area contributed by atoms with Gasteiger partial charge in [-0.2, -0.15) is 0 Å². The average molecular weight is 443 g/mol. The SMILES string of the molecule is Cc1ccc(-c2c(CN)c(CC(C)(C)C)nc(C)c2C(=O)O)cc1.O=C(O)C=CC(=O)O. The lowest BCUT2D eigenvalue weighted by atomic mass is 9.85. The predicted octanol–water partition coefficient (Wildman–Crippen LogP) is 3.82.